The fraction of sp³-hybridized carbons (Fsp3) is 0.533. The zero-order valence-electron chi connectivity index (χ0n) is 12.3. The van der Waals surface area contributed by atoms with Crippen LogP contribution < -0.4 is 15.2 Å². The molecule has 20 heavy (non-hydrogen) atoms. The van der Waals surface area contributed by atoms with E-state index in [4.69, 9.17) is 0 Å². The molecule has 108 valence electrons. The lowest BCUT2D eigenvalue weighted by Crippen LogP contribution is -2.46. The Bertz CT molecular complexity index is 662. The van der Waals surface area contributed by atoms with Crippen LogP contribution in [0.15, 0.2) is 23.1 Å². The van der Waals surface area contributed by atoms with Crippen molar-refractivity contribution in [1.82, 2.24) is 9.61 Å². The van der Waals surface area contributed by atoms with Crippen LogP contribution in [0, 0.1) is 5.92 Å². The van der Waals surface area contributed by atoms with Crippen molar-refractivity contribution < 1.29 is 9.67 Å². The van der Waals surface area contributed by atoms with Crippen LogP contribution >= 0.6 is 0 Å². The van der Waals surface area contributed by atoms with Crippen LogP contribution in [0.3, 0.4) is 0 Å². The van der Waals surface area contributed by atoms with E-state index in [0.29, 0.717) is 30.1 Å². The van der Waals surface area contributed by atoms with Gasteiger partial charge < -0.3 is 5.11 Å². The molecule has 0 saturated carbocycles. The van der Waals surface area contributed by atoms with E-state index in [1.807, 2.05) is 6.92 Å². The summed E-state index contributed by atoms with van der Waals surface area (Å²) >= 11 is 0. The number of hydrogen-bond donors (Lipinski definition) is 0. The highest BCUT2D eigenvalue weighted by Crippen LogP contribution is 2.10. The fourth-order valence-corrected chi connectivity index (χ4v) is 2.32. The largest absolute Gasteiger partial charge is 0.842 e. The van der Waals surface area contributed by atoms with E-state index >= 15 is 0 Å². The molecule has 0 aliphatic rings. The number of unbranched alkanes of at least 4 members (excludes halogenated alkanes) is 1. The quantitative estimate of drug-likeness (QED) is 0.766. The molecule has 0 amide bonds. The Morgan fingerprint density at radius 3 is 2.85 bits per heavy atom. The summed E-state index contributed by atoms with van der Waals surface area (Å²) in [6, 6.07) is 3.51. The highest BCUT2D eigenvalue weighted by molar-refractivity contribution is 5.32. The number of hydrogen-bond acceptors (Lipinski definition) is 3. The van der Waals surface area contributed by atoms with Gasteiger partial charge in [0.25, 0.3) is 0 Å². The summed E-state index contributed by atoms with van der Waals surface area (Å²) in [7, 11) is 0. The Hall–Kier alpha value is -1.91. The molecule has 2 aromatic heterocycles. The molecule has 0 aromatic carbocycles. The van der Waals surface area contributed by atoms with Crippen molar-refractivity contribution >= 4 is 5.65 Å². The fourth-order valence-electron chi connectivity index (χ4n) is 2.32. The lowest BCUT2D eigenvalue weighted by Gasteiger charge is -2.17. The summed E-state index contributed by atoms with van der Waals surface area (Å²) in [6.45, 7) is 6.74. The van der Waals surface area contributed by atoms with Crippen molar-refractivity contribution in [2.24, 2.45) is 5.92 Å². The third-order valence-corrected chi connectivity index (χ3v) is 3.29. The number of fused-ring (bicyclic) bond motifs is 1. The van der Waals surface area contributed by atoms with Gasteiger partial charge in [0.1, 0.15) is 0 Å². The summed E-state index contributed by atoms with van der Waals surface area (Å²) < 4.78 is 3.01. The third kappa shape index (κ3) is 2.66. The minimum Gasteiger partial charge on any atom is -0.842 e. The minimum atomic E-state index is -0.279. The smallest absolute Gasteiger partial charge is 0.365 e. The maximum absolute atomic E-state index is 12.6. The van der Waals surface area contributed by atoms with E-state index in [-0.39, 0.29) is 11.4 Å². The van der Waals surface area contributed by atoms with Crippen molar-refractivity contribution in [3.05, 3.63) is 34.2 Å². The molecule has 2 aromatic rings. The Morgan fingerprint density at radius 1 is 1.45 bits per heavy atom. The van der Waals surface area contributed by atoms with Crippen LogP contribution in [0.25, 0.3) is 5.65 Å². The summed E-state index contributed by atoms with van der Waals surface area (Å²) in [5.74, 6) is 0.165. The van der Waals surface area contributed by atoms with Gasteiger partial charge in [0, 0.05) is 6.07 Å². The second-order valence-corrected chi connectivity index (χ2v) is 5.49. The Kier molecular flexibility index (Phi) is 4.37. The SMILES string of the molecule is CCCCc1c([O-])[n+](CC(C)C)c2cccnn2c1=O. The van der Waals surface area contributed by atoms with Gasteiger partial charge in [0.05, 0.1) is 24.2 Å². The van der Waals surface area contributed by atoms with E-state index in [1.165, 1.54) is 4.52 Å². The molecule has 0 saturated heterocycles. The third-order valence-electron chi connectivity index (χ3n) is 3.29. The monoisotopic (exact) mass is 275 g/mol. The van der Waals surface area contributed by atoms with Crippen LogP contribution in [-0.2, 0) is 13.0 Å². The van der Waals surface area contributed by atoms with Gasteiger partial charge >= 0.3 is 11.2 Å². The van der Waals surface area contributed by atoms with E-state index in [2.05, 4.69) is 18.9 Å². The van der Waals surface area contributed by atoms with Gasteiger partial charge in [-0.2, -0.15) is 0 Å². The average Bonchev–Trinajstić information content (AvgIpc) is 2.43. The van der Waals surface area contributed by atoms with Gasteiger partial charge in [-0.3, -0.25) is 0 Å². The molecule has 2 heterocycles. The lowest BCUT2D eigenvalue weighted by molar-refractivity contribution is -0.721. The summed E-state index contributed by atoms with van der Waals surface area (Å²) in [4.78, 5) is 12.4. The molecular formula is C15H21N3O2. The molecule has 0 radical (unpaired) electrons. The molecule has 2 rings (SSSR count). The van der Waals surface area contributed by atoms with Gasteiger partial charge in [0.15, 0.2) is 0 Å². The minimum absolute atomic E-state index is 0.162. The van der Waals surface area contributed by atoms with Crippen LogP contribution in [0.4, 0.5) is 0 Å². The summed E-state index contributed by atoms with van der Waals surface area (Å²) in [5, 5.41) is 16.7. The first-order valence-corrected chi connectivity index (χ1v) is 7.16. The summed E-state index contributed by atoms with van der Waals surface area (Å²) in [6.07, 6.45) is 3.88. The van der Waals surface area contributed by atoms with Crippen molar-refractivity contribution in [1.29, 1.82) is 0 Å². The Morgan fingerprint density at radius 2 is 2.20 bits per heavy atom. The molecule has 0 N–H and O–H groups in total. The molecule has 0 atom stereocenters. The highest BCUT2D eigenvalue weighted by Gasteiger charge is 2.19. The van der Waals surface area contributed by atoms with Crippen LogP contribution in [0.5, 0.6) is 5.88 Å². The number of rotatable bonds is 5. The molecule has 0 spiro atoms. The molecule has 0 unspecified atom stereocenters. The predicted molar refractivity (Wildman–Crippen MR) is 74.6 cm³/mol. The van der Waals surface area contributed by atoms with Gasteiger partial charge in [-0.05, 0) is 24.8 Å². The van der Waals surface area contributed by atoms with Gasteiger partial charge in [-0.25, -0.2) is 9.36 Å². The molecule has 0 aliphatic carbocycles. The van der Waals surface area contributed by atoms with Gasteiger partial charge in [0.2, 0.25) is 0 Å². The molecular weight excluding hydrogens is 254 g/mol. The second kappa shape index (κ2) is 6.03. The zero-order valence-corrected chi connectivity index (χ0v) is 12.3. The van der Waals surface area contributed by atoms with E-state index in [1.54, 1.807) is 22.9 Å². The zero-order chi connectivity index (χ0) is 14.7. The Labute approximate surface area is 118 Å². The lowest BCUT2D eigenvalue weighted by atomic mass is 10.1. The van der Waals surface area contributed by atoms with Crippen LogP contribution in [0.1, 0.15) is 39.2 Å². The summed E-state index contributed by atoms with van der Waals surface area (Å²) in [5.41, 5.74) is 0.638. The first kappa shape index (κ1) is 14.5. The predicted octanol–water partition coefficient (Wildman–Crippen LogP) is 1.05. The first-order valence-electron chi connectivity index (χ1n) is 7.16. The van der Waals surface area contributed by atoms with Crippen molar-refractivity contribution in [3.8, 4) is 5.88 Å². The normalized spacial score (nSPS) is 11.4. The second-order valence-electron chi connectivity index (χ2n) is 5.49. The topological polar surface area (TPSA) is 61.3 Å². The Balaban J connectivity index is 2.71. The maximum Gasteiger partial charge on any atom is 0.365 e. The van der Waals surface area contributed by atoms with E-state index < -0.39 is 0 Å². The van der Waals surface area contributed by atoms with E-state index in [9.17, 15) is 9.90 Å². The molecule has 5 heteroatoms. The first-order chi connectivity index (χ1) is 9.56. The average molecular weight is 275 g/mol. The standard InChI is InChI=1S/C15H21N3O2/c1-4-5-7-12-14(19)17(10-11(2)3)13-8-6-9-16-18(13)15(12)20/h6,8-9,11H,4-5,7,10H2,1-3H3. The maximum atomic E-state index is 12.6. The van der Waals surface area contributed by atoms with Gasteiger partial charge in [-0.15, -0.1) is 0 Å². The van der Waals surface area contributed by atoms with Crippen LogP contribution in [0.2, 0.25) is 0 Å². The molecule has 0 aliphatic heterocycles. The van der Waals surface area contributed by atoms with E-state index in [0.717, 1.165) is 12.8 Å². The van der Waals surface area contributed by atoms with Crippen molar-refractivity contribution in [2.75, 3.05) is 0 Å². The molecule has 0 fully saturated rings. The molecule has 0 bridgehead atoms. The van der Waals surface area contributed by atoms with Gasteiger partial charge in [-0.1, -0.05) is 36.8 Å². The molecule has 5 nitrogen and oxygen atoms in total. The number of nitrogens with zero attached hydrogens (tertiary/aromatic N) is 3. The van der Waals surface area contributed by atoms with Crippen molar-refractivity contribution in [3.63, 3.8) is 0 Å². The van der Waals surface area contributed by atoms with Crippen molar-refractivity contribution in [2.45, 2.75) is 46.6 Å². The highest BCUT2D eigenvalue weighted by atomic mass is 16.3. The van der Waals surface area contributed by atoms with Crippen LogP contribution in [-0.4, -0.2) is 9.61 Å². The number of aromatic nitrogens is 3.